The van der Waals surface area contributed by atoms with Gasteiger partial charge in [0.2, 0.25) is 0 Å². The maximum atomic E-state index is 12.4. The van der Waals surface area contributed by atoms with Crippen LogP contribution in [0, 0.1) is 0 Å². The molecule has 0 heterocycles. The maximum absolute atomic E-state index is 12.4. The molecule has 0 aliphatic heterocycles. The second-order valence-corrected chi connectivity index (χ2v) is 13.0. The van der Waals surface area contributed by atoms with Crippen molar-refractivity contribution in [1.29, 1.82) is 0 Å². The number of quaternary nitrogens is 1. The second kappa shape index (κ2) is 16.5. The number of phosphoric ester groups is 1. The molecule has 0 radical (unpaired) electrons. The topological polar surface area (TPSA) is 58.6 Å². The summed E-state index contributed by atoms with van der Waals surface area (Å²) in [5, 5.41) is 0. The van der Waals surface area contributed by atoms with E-state index in [0.29, 0.717) is 0 Å². The molecule has 1 unspecified atom stereocenters. The molecule has 200 valence electrons. The van der Waals surface area contributed by atoms with Crippen LogP contribution < -0.4 is 4.89 Å². The molecule has 34 heavy (non-hydrogen) atoms. The fourth-order valence-corrected chi connectivity index (χ4v) is 6.63. The van der Waals surface area contributed by atoms with E-state index in [1.165, 1.54) is 89.9 Å². The fraction of sp³-hybridized carbons (Fsp3) is 0.929. The number of phosphoric acid groups is 1. The number of rotatable bonds is 9. The average Bonchev–Trinajstić information content (AvgIpc) is 3.22. The van der Waals surface area contributed by atoms with Crippen LogP contribution in [-0.2, 0) is 13.6 Å². The van der Waals surface area contributed by atoms with E-state index in [9.17, 15) is 9.46 Å². The first kappa shape index (κ1) is 30.0. The number of allylic oxidation sites excluding steroid dienone is 2. The predicted octanol–water partition coefficient (Wildman–Crippen LogP) is 7.69. The van der Waals surface area contributed by atoms with E-state index in [-0.39, 0.29) is 18.8 Å². The first-order valence-corrected chi connectivity index (χ1v) is 15.9. The van der Waals surface area contributed by atoms with E-state index in [1.54, 1.807) is 5.57 Å². The molecular formula is C28H54NO4P. The van der Waals surface area contributed by atoms with Crippen molar-refractivity contribution in [2.45, 2.75) is 141 Å². The van der Waals surface area contributed by atoms with Crippen LogP contribution in [-0.4, -0.2) is 44.4 Å². The molecule has 5 nitrogen and oxygen atoms in total. The van der Waals surface area contributed by atoms with Gasteiger partial charge in [0, 0.05) is 6.42 Å². The SMILES string of the molecule is C[N+](C)(C)[C@H]1CCC[C@@H]1OP(=O)([O-])OCCCCC=C1CCCCCCCCCCCCCC1. The number of hydrogen-bond donors (Lipinski definition) is 0. The van der Waals surface area contributed by atoms with Crippen molar-refractivity contribution in [3.63, 3.8) is 0 Å². The third kappa shape index (κ3) is 13.2. The molecule has 2 fully saturated rings. The van der Waals surface area contributed by atoms with Crippen molar-refractivity contribution in [3.8, 4) is 0 Å². The lowest BCUT2D eigenvalue weighted by molar-refractivity contribution is -0.898. The quantitative estimate of drug-likeness (QED) is 0.141. The third-order valence-corrected chi connectivity index (χ3v) is 8.73. The summed E-state index contributed by atoms with van der Waals surface area (Å²) in [5.41, 5.74) is 1.63. The zero-order valence-electron chi connectivity index (χ0n) is 22.6. The largest absolute Gasteiger partial charge is 0.756 e. The Morgan fingerprint density at radius 3 is 1.88 bits per heavy atom. The van der Waals surface area contributed by atoms with Crippen LogP contribution >= 0.6 is 7.82 Å². The van der Waals surface area contributed by atoms with Gasteiger partial charge < -0.3 is 18.4 Å². The van der Waals surface area contributed by atoms with Gasteiger partial charge >= 0.3 is 0 Å². The molecule has 3 atom stereocenters. The molecule has 0 saturated heterocycles. The van der Waals surface area contributed by atoms with Gasteiger partial charge in [-0.25, -0.2) is 0 Å². The minimum atomic E-state index is -4.24. The van der Waals surface area contributed by atoms with E-state index in [2.05, 4.69) is 27.2 Å². The minimum Gasteiger partial charge on any atom is -0.756 e. The van der Waals surface area contributed by atoms with E-state index in [1.807, 2.05) is 0 Å². The molecule has 2 aliphatic rings. The molecule has 0 aromatic heterocycles. The molecular weight excluding hydrogens is 445 g/mol. The van der Waals surface area contributed by atoms with Crippen LogP contribution in [0.2, 0.25) is 0 Å². The van der Waals surface area contributed by atoms with Gasteiger partial charge in [-0.15, -0.1) is 0 Å². The fourth-order valence-electron chi connectivity index (χ4n) is 5.64. The lowest BCUT2D eigenvalue weighted by Crippen LogP contribution is -2.49. The Bertz CT molecular complexity index is 598. The van der Waals surface area contributed by atoms with Crippen LogP contribution in [0.5, 0.6) is 0 Å². The summed E-state index contributed by atoms with van der Waals surface area (Å²) in [6.45, 7) is 0.228. The van der Waals surface area contributed by atoms with Gasteiger partial charge in [0.15, 0.2) is 0 Å². The van der Waals surface area contributed by atoms with Gasteiger partial charge in [-0.05, 0) is 57.8 Å². The number of nitrogens with zero attached hydrogens (tertiary/aromatic N) is 1. The van der Waals surface area contributed by atoms with Crippen LogP contribution in [0.4, 0.5) is 0 Å². The van der Waals surface area contributed by atoms with Crippen LogP contribution in [0.3, 0.4) is 0 Å². The van der Waals surface area contributed by atoms with Crippen LogP contribution in [0.15, 0.2) is 11.6 Å². The molecule has 2 rings (SSSR count). The molecule has 0 amide bonds. The predicted molar refractivity (Wildman–Crippen MR) is 141 cm³/mol. The van der Waals surface area contributed by atoms with Gasteiger partial charge in [-0.2, -0.15) is 0 Å². The summed E-state index contributed by atoms with van der Waals surface area (Å²) >= 11 is 0. The van der Waals surface area contributed by atoms with E-state index in [4.69, 9.17) is 9.05 Å². The molecule has 6 heteroatoms. The second-order valence-electron chi connectivity index (χ2n) is 11.6. The Labute approximate surface area is 210 Å². The zero-order valence-corrected chi connectivity index (χ0v) is 23.5. The van der Waals surface area contributed by atoms with Crippen molar-refractivity contribution >= 4 is 7.82 Å². The van der Waals surface area contributed by atoms with E-state index in [0.717, 1.165) is 43.0 Å². The monoisotopic (exact) mass is 499 g/mol. The van der Waals surface area contributed by atoms with Gasteiger partial charge in [-0.1, -0.05) is 75.9 Å². The van der Waals surface area contributed by atoms with Crippen molar-refractivity contribution in [2.75, 3.05) is 27.7 Å². The lowest BCUT2D eigenvalue weighted by atomic mass is 9.98. The lowest BCUT2D eigenvalue weighted by Gasteiger charge is -2.37. The maximum Gasteiger partial charge on any atom is 0.268 e. The average molecular weight is 500 g/mol. The summed E-state index contributed by atoms with van der Waals surface area (Å²) in [5.74, 6) is 0. The number of likely N-dealkylation sites (N-methyl/N-ethyl adjacent to an activating group) is 1. The Morgan fingerprint density at radius 1 is 0.824 bits per heavy atom. The van der Waals surface area contributed by atoms with Crippen molar-refractivity contribution in [1.82, 2.24) is 0 Å². The van der Waals surface area contributed by atoms with Crippen LogP contribution in [0.1, 0.15) is 128 Å². The Balaban J connectivity index is 1.67. The highest BCUT2D eigenvalue weighted by Crippen LogP contribution is 2.44. The number of unbranched alkanes of at least 4 members (excludes halogenated alkanes) is 2. The first-order valence-electron chi connectivity index (χ1n) is 14.4. The molecule has 0 bridgehead atoms. The first-order chi connectivity index (χ1) is 16.3. The summed E-state index contributed by atoms with van der Waals surface area (Å²) in [6, 6.07) is 0.210. The van der Waals surface area contributed by atoms with Crippen LogP contribution in [0.25, 0.3) is 0 Å². The molecule has 2 saturated carbocycles. The van der Waals surface area contributed by atoms with Gasteiger partial charge in [-0.3, -0.25) is 4.57 Å². The Hall–Kier alpha value is -0.190. The van der Waals surface area contributed by atoms with E-state index >= 15 is 0 Å². The molecule has 0 aromatic carbocycles. The van der Waals surface area contributed by atoms with E-state index < -0.39 is 7.82 Å². The van der Waals surface area contributed by atoms with Crippen molar-refractivity contribution in [2.24, 2.45) is 0 Å². The number of hydrogen-bond acceptors (Lipinski definition) is 4. The highest BCUT2D eigenvalue weighted by molar-refractivity contribution is 7.45. The Morgan fingerprint density at radius 2 is 1.35 bits per heavy atom. The molecule has 2 aliphatic carbocycles. The molecule has 0 spiro atoms. The normalized spacial score (nSPS) is 26.4. The standard InChI is InChI=1S/C28H54NO4P/c1-29(2,3)27-23-19-24-28(27)33-34(30,31)32-25-18-14-17-22-26-20-15-12-10-8-6-4-5-7-9-11-13-16-21-26/h22,27-28H,4-21,23-25H2,1-3H3/t27-,28-/m0/s1. The summed E-state index contributed by atoms with van der Waals surface area (Å²) in [6.07, 6.45) is 26.9. The van der Waals surface area contributed by atoms with Gasteiger partial charge in [0.05, 0.1) is 27.7 Å². The van der Waals surface area contributed by atoms with Gasteiger partial charge in [0.1, 0.15) is 12.1 Å². The smallest absolute Gasteiger partial charge is 0.268 e. The van der Waals surface area contributed by atoms with Gasteiger partial charge in [0.25, 0.3) is 7.82 Å². The van der Waals surface area contributed by atoms with Crippen molar-refractivity contribution < 1.29 is 23.0 Å². The summed E-state index contributed by atoms with van der Waals surface area (Å²) in [4.78, 5) is 12.4. The zero-order chi connectivity index (χ0) is 24.7. The third-order valence-electron chi connectivity index (χ3n) is 7.70. The molecule has 0 aromatic rings. The summed E-state index contributed by atoms with van der Waals surface area (Å²) in [7, 11) is 2.07. The highest BCUT2D eigenvalue weighted by atomic mass is 31.2. The minimum absolute atomic E-state index is 0.210. The Kier molecular flexibility index (Phi) is 14.6. The summed E-state index contributed by atoms with van der Waals surface area (Å²) < 4.78 is 23.8. The molecule has 0 N–H and O–H groups in total. The van der Waals surface area contributed by atoms with Crippen molar-refractivity contribution in [3.05, 3.63) is 11.6 Å². The highest BCUT2D eigenvalue weighted by Gasteiger charge is 2.39.